The molecule has 2 atom stereocenters. The summed E-state index contributed by atoms with van der Waals surface area (Å²) in [7, 11) is 0. The number of amides is 4. The van der Waals surface area contributed by atoms with Gasteiger partial charge < -0.3 is 26.0 Å². The molecule has 0 spiro atoms. The Morgan fingerprint density at radius 1 is 1.10 bits per heavy atom. The maximum absolute atomic E-state index is 14.0. The van der Waals surface area contributed by atoms with Crippen LogP contribution in [0.2, 0.25) is 5.02 Å². The standard InChI is InChI=1S/C29H36ClN5O5/c1-17-10-11-18(2)20(16-17)25(26(37)34-24-19(3)8-7-9-21(24)30)35(15-14-31)27(38)22(12-13-23(32)36)33-28(39)40-29(4,5)6/h7-11,16,22,25H,12-13,15H2,1-6H3,(H2,32,36)(H,33,39)(H,34,37). The second-order valence-electron chi connectivity index (χ2n) is 10.5. The summed E-state index contributed by atoms with van der Waals surface area (Å²) >= 11 is 6.36. The Balaban J connectivity index is 2.62. The third kappa shape index (κ3) is 8.99. The first-order valence-corrected chi connectivity index (χ1v) is 13.1. The average Bonchev–Trinajstić information content (AvgIpc) is 2.84. The highest BCUT2D eigenvalue weighted by atomic mass is 35.5. The molecule has 0 saturated heterocycles. The summed E-state index contributed by atoms with van der Waals surface area (Å²) in [5, 5.41) is 15.3. The fraction of sp³-hybridized carbons (Fsp3) is 0.414. The second kappa shape index (κ2) is 13.8. The van der Waals surface area contributed by atoms with Crippen LogP contribution in [-0.2, 0) is 19.1 Å². The minimum Gasteiger partial charge on any atom is -0.444 e. The van der Waals surface area contributed by atoms with Crippen molar-refractivity contribution < 1.29 is 23.9 Å². The van der Waals surface area contributed by atoms with E-state index >= 15 is 0 Å². The van der Waals surface area contributed by atoms with Gasteiger partial charge in [-0.3, -0.25) is 14.4 Å². The van der Waals surface area contributed by atoms with E-state index in [4.69, 9.17) is 22.1 Å². The van der Waals surface area contributed by atoms with Crippen LogP contribution >= 0.6 is 11.6 Å². The number of benzene rings is 2. The average molecular weight is 570 g/mol. The van der Waals surface area contributed by atoms with E-state index < -0.39 is 48.0 Å². The number of anilines is 1. The number of nitrogens with zero attached hydrogens (tertiary/aromatic N) is 2. The molecular weight excluding hydrogens is 534 g/mol. The van der Waals surface area contributed by atoms with E-state index in [1.165, 1.54) is 0 Å². The summed E-state index contributed by atoms with van der Waals surface area (Å²) in [6.07, 6.45) is -1.29. The van der Waals surface area contributed by atoms with E-state index in [0.717, 1.165) is 10.5 Å². The maximum Gasteiger partial charge on any atom is 0.408 e. The number of halogens is 1. The molecule has 214 valence electrons. The van der Waals surface area contributed by atoms with Crippen LogP contribution in [0.5, 0.6) is 0 Å². The number of carbonyl (C=O) groups is 4. The molecule has 2 aromatic rings. The second-order valence-corrected chi connectivity index (χ2v) is 10.9. The SMILES string of the molecule is Cc1ccc(C)c(C(C(=O)Nc2c(C)cccc2Cl)N(CC#N)C(=O)C(CCC(N)=O)NC(=O)OC(C)(C)C)c1. The Labute approximate surface area is 239 Å². The number of hydrogen-bond acceptors (Lipinski definition) is 6. The van der Waals surface area contributed by atoms with Gasteiger partial charge >= 0.3 is 6.09 Å². The van der Waals surface area contributed by atoms with E-state index in [-0.39, 0.29) is 12.8 Å². The van der Waals surface area contributed by atoms with Crippen LogP contribution in [0.15, 0.2) is 36.4 Å². The number of rotatable bonds is 10. The van der Waals surface area contributed by atoms with Gasteiger partial charge in [0.2, 0.25) is 11.8 Å². The summed E-state index contributed by atoms with van der Waals surface area (Å²) < 4.78 is 5.30. The lowest BCUT2D eigenvalue weighted by atomic mass is 9.95. The van der Waals surface area contributed by atoms with Gasteiger partial charge in [0.05, 0.1) is 16.8 Å². The van der Waals surface area contributed by atoms with Crippen LogP contribution in [0, 0.1) is 32.1 Å². The van der Waals surface area contributed by atoms with Crippen molar-refractivity contribution in [3.05, 3.63) is 63.7 Å². The zero-order valence-corrected chi connectivity index (χ0v) is 24.4. The highest BCUT2D eigenvalue weighted by molar-refractivity contribution is 6.34. The lowest BCUT2D eigenvalue weighted by Crippen LogP contribution is -2.52. The van der Waals surface area contributed by atoms with Gasteiger partial charge in [0.25, 0.3) is 5.91 Å². The molecule has 40 heavy (non-hydrogen) atoms. The van der Waals surface area contributed by atoms with Crippen molar-refractivity contribution >= 4 is 41.1 Å². The van der Waals surface area contributed by atoms with E-state index in [0.29, 0.717) is 27.4 Å². The molecular formula is C29H36ClN5O5. The van der Waals surface area contributed by atoms with Gasteiger partial charge in [-0.1, -0.05) is 47.5 Å². The lowest BCUT2D eigenvalue weighted by Gasteiger charge is -2.33. The Morgan fingerprint density at radius 3 is 2.35 bits per heavy atom. The Bertz CT molecular complexity index is 1290. The molecule has 2 unspecified atom stereocenters. The highest BCUT2D eigenvalue weighted by Gasteiger charge is 2.37. The molecule has 0 aliphatic carbocycles. The van der Waals surface area contributed by atoms with Gasteiger partial charge in [0.15, 0.2) is 0 Å². The van der Waals surface area contributed by atoms with Crippen LogP contribution in [-0.4, -0.2) is 46.9 Å². The minimum atomic E-state index is -1.31. The smallest absolute Gasteiger partial charge is 0.408 e. The summed E-state index contributed by atoms with van der Waals surface area (Å²) in [5.74, 6) is -2.06. The van der Waals surface area contributed by atoms with Gasteiger partial charge in [-0.05, 0) is 70.7 Å². The molecule has 4 N–H and O–H groups in total. The third-order valence-corrected chi connectivity index (χ3v) is 6.27. The van der Waals surface area contributed by atoms with Gasteiger partial charge in [-0.15, -0.1) is 0 Å². The van der Waals surface area contributed by atoms with Crippen LogP contribution in [0.4, 0.5) is 10.5 Å². The predicted molar refractivity (Wildman–Crippen MR) is 152 cm³/mol. The van der Waals surface area contributed by atoms with Crippen molar-refractivity contribution in [2.24, 2.45) is 5.73 Å². The van der Waals surface area contributed by atoms with Crippen molar-refractivity contribution in [2.45, 2.75) is 72.1 Å². The first-order chi connectivity index (χ1) is 18.6. The molecule has 0 aromatic heterocycles. The van der Waals surface area contributed by atoms with Crippen molar-refractivity contribution in [3.8, 4) is 6.07 Å². The van der Waals surface area contributed by atoms with Crippen LogP contribution < -0.4 is 16.4 Å². The maximum atomic E-state index is 14.0. The van der Waals surface area contributed by atoms with E-state index in [1.807, 2.05) is 25.1 Å². The van der Waals surface area contributed by atoms with Crippen molar-refractivity contribution in [2.75, 3.05) is 11.9 Å². The first kappa shape index (κ1) is 32.1. The van der Waals surface area contributed by atoms with Crippen molar-refractivity contribution in [1.82, 2.24) is 10.2 Å². The van der Waals surface area contributed by atoms with Crippen molar-refractivity contribution in [3.63, 3.8) is 0 Å². The molecule has 4 amide bonds. The summed E-state index contributed by atoms with van der Waals surface area (Å²) in [6.45, 7) is 9.89. The van der Waals surface area contributed by atoms with Crippen LogP contribution in [0.3, 0.4) is 0 Å². The number of nitrogens with one attached hydrogen (secondary N) is 2. The van der Waals surface area contributed by atoms with E-state index in [1.54, 1.807) is 58.9 Å². The quantitative estimate of drug-likeness (QED) is 0.359. The Morgan fingerprint density at radius 2 is 1.77 bits per heavy atom. The molecule has 10 nitrogen and oxygen atoms in total. The Hall–Kier alpha value is -4.10. The van der Waals surface area contributed by atoms with Gasteiger partial charge in [-0.2, -0.15) is 5.26 Å². The number of primary amides is 1. The first-order valence-electron chi connectivity index (χ1n) is 12.7. The Kier molecular flexibility index (Phi) is 11.1. The molecule has 2 rings (SSSR count). The summed E-state index contributed by atoms with van der Waals surface area (Å²) in [5.41, 5.74) is 7.54. The van der Waals surface area contributed by atoms with Gasteiger partial charge in [0, 0.05) is 6.42 Å². The number of hydrogen-bond donors (Lipinski definition) is 3. The molecule has 0 aliphatic heterocycles. The number of alkyl carbamates (subject to hydrolysis) is 1. The fourth-order valence-electron chi connectivity index (χ4n) is 4.05. The van der Waals surface area contributed by atoms with Gasteiger partial charge in [-0.25, -0.2) is 4.79 Å². The molecule has 0 heterocycles. The third-order valence-electron chi connectivity index (χ3n) is 5.95. The molecule has 0 radical (unpaired) electrons. The van der Waals surface area contributed by atoms with E-state index in [9.17, 15) is 24.4 Å². The molecule has 0 bridgehead atoms. The number of nitrogens with two attached hydrogens (primary N) is 1. The molecule has 11 heteroatoms. The molecule has 0 fully saturated rings. The largest absolute Gasteiger partial charge is 0.444 e. The zero-order valence-electron chi connectivity index (χ0n) is 23.6. The number of aryl methyl sites for hydroxylation is 3. The predicted octanol–water partition coefficient (Wildman–Crippen LogP) is 4.46. The number of carbonyl (C=O) groups excluding carboxylic acids is 4. The summed E-state index contributed by atoms with van der Waals surface area (Å²) in [6, 6.07) is 9.94. The number of ether oxygens (including phenoxy) is 1. The van der Waals surface area contributed by atoms with E-state index in [2.05, 4.69) is 10.6 Å². The van der Waals surface area contributed by atoms with Gasteiger partial charge in [0.1, 0.15) is 24.2 Å². The highest BCUT2D eigenvalue weighted by Crippen LogP contribution is 2.31. The molecule has 0 saturated carbocycles. The molecule has 0 aliphatic rings. The van der Waals surface area contributed by atoms with Crippen molar-refractivity contribution in [1.29, 1.82) is 5.26 Å². The van der Waals surface area contributed by atoms with Crippen LogP contribution in [0.1, 0.15) is 61.9 Å². The molecule has 2 aromatic carbocycles. The topological polar surface area (TPSA) is 155 Å². The normalized spacial score (nSPS) is 12.4. The summed E-state index contributed by atoms with van der Waals surface area (Å²) in [4.78, 5) is 53.2. The number of nitriles is 1. The minimum absolute atomic E-state index is 0.167. The fourth-order valence-corrected chi connectivity index (χ4v) is 4.32. The number of para-hydroxylation sites is 1. The van der Waals surface area contributed by atoms with Crippen LogP contribution in [0.25, 0.3) is 0 Å². The monoisotopic (exact) mass is 569 g/mol. The lowest BCUT2D eigenvalue weighted by molar-refractivity contribution is -0.140. The zero-order chi connectivity index (χ0) is 30.2.